The molecule has 0 fully saturated rings. The molecule has 0 atom stereocenters. The summed E-state index contributed by atoms with van der Waals surface area (Å²) in [6.07, 6.45) is 0. The van der Waals surface area contributed by atoms with Gasteiger partial charge in [0.2, 0.25) is 0 Å². The molecule has 5 nitrogen and oxygen atoms in total. The summed E-state index contributed by atoms with van der Waals surface area (Å²) in [5, 5.41) is 8.93. The fraction of sp³-hybridized carbons (Fsp3) is 0.167. The Labute approximate surface area is 148 Å². The van der Waals surface area contributed by atoms with E-state index in [1.807, 2.05) is 34.9 Å². The molecule has 3 aromatic rings. The summed E-state index contributed by atoms with van der Waals surface area (Å²) < 4.78 is 20.0. The maximum atomic E-state index is 13.0. The molecule has 25 heavy (non-hydrogen) atoms. The quantitative estimate of drug-likeness (QED) is 0.478. The van der Waals surface area contributed by atoms with E-state index in [4.69, 9.17) is 4.74 Å². The van der Waals surface area contributed by atoms with Gasteiger partial charge in [-0.2, -0.15) is 0 Å². The van der Waals surface area contributed by atoms with Crippen LogP contribution in [0.3, 0.4) is 0 Å². The van der Waals surface area contributed by atoms with Crippen LogP contribution >= 0.6 is 11.8 Å². The molecule has 0 spiro atoms. The van der Waals surface area contributed by atoms with E-state index in [0.717, 1.165) is 5.69 Å². The first-order valence-corrected chi connectivity index (χ1v) is 8.58. The zero-order valence-electron chi connectivity index (χ0n) is 13.6. The van der Waals surface area contributed by atoms with Crippen molar-refractivity contribution in [3.8, 4) is 5.69 Å². The number of thioether (sulfide) groups is 1. The average molecular weight is 357 g/mol. The van der Waals surface area contributed by atoms with Crippen molar-refractivity contribution < 1.29 is 13.9 Å². The molecule has 1 aromatic heterocycles. The van der Waals surface area contributed by atoms with E-state index in [1.54, 1.807) is 7.11 Å². The smallest absolute Gasteiger partial charge is 0.196 e. The van der Waals surface area contributed by atoms with Gasteiger partial charge in [0, 0.05) is 18.4 Å². The normalized spacial score (nSPS) is 10.8. The monoisotopic (exact) mass is 357 g/mol. The highest BCUT2D eigenvalue weighted by molar-refractivity contribution is 7.99. The van der Waals surface area contributed by atoms with Crippen LogP contribution in [0.25, 0.3) is 5.69 Å². The van der Waals surface area contributed by atoms with Gasteiger partial charge in [-0.05, 0) is 36.4 Å². The number of Topliss-reactive ketones (excluding diaryl/α,β-unsaturated/α-hetero) is 1. The van der Waals surface area contributed by atoms with Gasteiger partial charge in [0.15, 0.2) is 16.8 Å². The van der Waals surface area contributed by atoms with Gasteiger partial charge in [-0.1, -0.05) is 30.0 Å². The van der Waals surface area contributed by atoms with Crippen LogP contribution in [-0.2, 0) is 11.3 Å². The Morgan fingerprint density at radius 3 is 2.52 bits per heavy atom. The van der Waals surface area contributed by atoms with Gasteiger partial charge in [-0.15, -0.1) is 10.2 Å². The molecule has 0 saturated carbocycles. The number of ether oxygens (including phenoxy) is 1. The predicted molar refractivity (Wildman–Crippen MR) is 93.5 cm³/mol. The lowest BCUT2D eigenvalue weighted by Gasteiger charge is -2.09. The van der Waals surface area contributed by atoms with Gasteiger partial charge in [-0.25, -0.2) is 4.39 Å². The third kappa shape index (κ3) is 4.12. The van der Waals surface area contributed by atoms with Gasteiger partial charge in [0.1, 0.15) is 12.4 Å². The van der Waals surface area contributed by atoms with Crippen LogP contribution in [0.2, 0.25) is 0 Å². The minimum atomic E-state index is -0.364. The number of methoxy groups -OCH3 is 1. The fourth-order valence-electron chi connectivity index (χ4n) is 2.30. The van der Waals surface area contributed by atoms with Crippen molar-refractivity contribution in [3.63, 3.8) is 0 Å². The molecule has 0 aliphatic rings. The first-order valence-electron chi connectivity index (χ1n) is 7.59. The van der Waals surface area contributed by atoms with E-state index in [1.165, 1.54) is 36.0 Å². The third-order valence-corrected chi connectivity index (χ3v) is 4.42. The van der Waals surface area contributed by atoms with E-state index < -0.39 is 0 Å². The standard InChI is InChI=1S/C18H16FN3O2S/c1-24-11-17-20-21-18(22(17)15-5-3-2-4-6-15)25-12-16(23)13-7-9-14(19)10-8-13/h2-10H,11-12H2,1H3. The van der Waals surface area contributed by atoms with Crippen molar-refractivity contribution in [1.29, 1.82) is 0 Å². The molecule has 0 aliphatic carbocycles. The summed E-state index contributed by atoms with van der Waals surface area (Å²) in [6, 6.07) is 15.2. The Morgan fingerprint density at radius 2 is 1.84 bits per heavy atom. The number of ketones is 1. The molecular formula is C18H16FN3O2S. The van der Waals surface area contributed by atoms with Gasteiger partial charge in [-0.3, -0.25) is 9.36 Å². The number of benzene rings is 2. The zero-order valence-corrected chi connectivity index (χ0v) is 14.4. The molecule has 0 unspecified atom stereocenters. The second kappa shape index (κ2) is 8.04. The van der Waals surface area contributed by atoms with E-state index in [9.17, 15) is 9.18 Å². The Balaban J connectivity index is 1.80. The van der Waals surface area contributed by atoms with Crippen LogP contribution < -0.4 is 0 Å². The maximum absolute atomic E-state index is 13.0. The van der Waals surface area contributed by atoms with E-state index in [2.05, 4.69) is 10.2 Å². The predicted octanol–water partition coefficient (Wildman–Crippen LogP) is 3.53. The SMILES string of the molecule is COCc1nnc(SCC(=O)c2ccc(F)cc2)n1-c1ccccc1. The zero-order chi connectivity index (χ0) is 17.6. The second-order valence-corrected chi connectivity index (χ2v) is 6.16. The number of hydrogen-bond acceptors (Lipinski definition) is 5. The Kier molecular flexibility index (Phi) is 5.57. The molecule has 0 N–H and O–H groups in total. The van der Waals surface area contributed by atoms with Crippen LogP contribution in [0, 0.1) is 5.82 Å². The molecule has 0 radical (unpaired) electrons. The summed E-state index contributed by atoms with van der Waals surface area (Å²) in [5.41, 5.74) is 1.37. The third-order valence-electron chi connectivity index (χ3n) is 3.49. The molecule has 0 amide bonds. The highest BCUT2D eigenvalue weighted by Crippen LogP contribution is 2.23. The molecule has 3 rings (SSSR count). The van der Waals surface area contributed by atoms with Crippen LogP contribution in [0.15, 0.2) is 59.8 Å². The highest BCUT2D eigenvalue weighted by atomic mass is 32.2. The maximum Gasteiger partial charge on any atom is 0.196 e. The van der Waals surface area contributed by atoms with E-state index in [-0.39, 0.29) is 17.4 Å². The first kappa shape index (κ1) is 17.3. The molecule has 2 aromatic carbocycles. The van der Waals surface area contributed by atoms with E-state index >= 15 is 0 Å². The molecule has 7 heteroatoms. The minimum Gasteiger partial charge on any atom is -0.377 e. The Morgan fingerprint density at radius 1 is 1.12 bits per heavy atom. The van der Waals surface area contributed by atoms with Crippen LogP contribution in [0.5, 0.6) is 0 Å². The second-order valence-electron chi connectivity index (χ2n) is 5.22. The van der Waals surface area contributed by atoms with Crippen molar-refractivity contribution >= 4 is 17.5 Å². The number of aromatic nitrogens is 3. The molecular weight excluding hydrogens is 341 g/mol. The van der Waals surface area contributed by atoms with E-state index in [0.29, 0.717) is 23.2 Å². The Bertz CT molecular complexity index is 851. The number of rotatable bonds is 7. The van der Waals surface area contributed by atoms with Crippen LogP contribution in [0.4, 0.5) is 4.39 Å². The fourth-order valence-corrected chi connectivity index (χ4v) is 3.17. The largest absolute Gasteiger partial charge is 0.377 e. The molecule has 1 heterocycles. The summed E-state index contributed by atoms with van der Waals surface area (Å²) in [7, 11) is 1.59. The van der Waals surface area contributed by atoms with Crippen molar-refractivity contribution in [2.75, 3.05) is 12.9 Å². The first-order chi connectivity index (χ1) is 12.2. The molecule has 0 aliphatic heterocycles. The summed E-state index contributed by atoms with van der Waals surface area (Å²) in [4.78, 5) is 12.3. The number of halogens is 1. The summed E-state index contributed by atoms with van der Waals surface area (Å²) in [6.45, 7) is 0.314. The lowest BCUT2D eigenvalue weighted by molar-refractivity contribution is 0.102. The van der Waals surface area contributed by atoms with Gasteiger partial charge in [0.25, 0.3) is 0 Å². The molecule has 0 bridgehead atoms. The lowest BCUT2D eigenvalue weighted by Crippen LogP contribution is -2.06. The number of para-hydroxylation sites is 1. The average Bonchev–Trinajstić information content (AvgIpc) is 3.04. The van der Waals surface area contributed by atoms with Crippen LogP contribution in [0.1, 0.15) is 16.2 Å². The number of carbonyl (C=O) groups is 1. The summed E-state index contributed by atoms with van der Waals surface area (Å²) >= 11 is 1.29. The highest BCUT2D eigenvalue weighted by Gasteiger charge is 2.16. The summed E-state index contributed by atoms with van der Waals surface area (Å²) in [5.74, 6) is 0.382. The minimum absolute atomic E-state index is 0.0964. The number of hydrogen-bond donors (Lipinski definition) is 0. The number of carbonyl (C=O) groups excluding carboxylic acids is 1. The Hall–Kier alpha value is -2.51. The van der Waals surface area contributed by atoms with Gasteiger partial charge < -0.3 is 4.74 Å². The van der Waals surface area contributed by atoms with Crippen molar-refractivity contribution in [1.82, 2.24) is 14.8 Å². The van der Waals surface area contributed by atoms with Crippen molar-refractivity contribution in [2.45, 2.75) is 11.8 Å². The van der Waals surface area contributed by atoms with Gasteiger partial charge in [0.05, 0.1) is 5.75 Å². The molecule has 0 saturated heterocycles. The number of nitrogens with zero attached hydrogens (tertiary/aromatic N) is 3. The molecule has 128 valence electrons. The lowest BCUT2D eigenvalue weighted by atomic mass is 10.1. The van der Waals surface area contributed by atoms with Crippen molar-refractivity contribution in [2.24, 2.45) is 0 Å². The van der Waals surface area contributed by atoms with Crippen LogP contribution in [-0.4, -0.2) is 33.4 Å². The van der Waals surface area contributed by atoms with Gasteiger partial charge >= 0.3 is 0 Å². The van der Waals surface area contributed by atoms with Crippen molar-refractivity contribution in [3.05, 3.63) is 71.8 Å². The topological polar surface area (TPSA) is 57.0 Å².